The quantitative estimate of drug-likeness (QED) is 0.302. The molecule has 0 amide bonds. The van der Waals surface area contributed by atoms with Crippen LogP contribution in [0.4, 0.5) is 11.5 Å². The summed E-state index contributed by atoms with van der Waals surface area (Å²) in [5, 5.41) is 10.7. The van der Waals surface area contributed by atoms with Crippen LogP contribution in [0, 0.1) is 0 Å². The molecule has 1 saturated heterocycles. The maximum atomic E-state index is 13.3. The molecule has 7 rings (SSSR count). The number of ether oxygens (including phenoxy) is 2. The van der Waals surface area contributed by atoms with E-state index in [1.807, 2.05) is 28.9 Å². The Morgan fingerprint density at radius 3 is 2.72 bits per heavy atom. The summed E-state index contributed by atoms with van der Waals surface area (Å²) in [6.07, 6.45) is 3.42. The molecule has 4 N–H and O–H groups in total. The van der Waals surface area contributed by atoms with Crippen LogP contribution in [0.25, 0.3) is 33.1 Å². The second-order valence-corrected chi connectivity index (χ2v) is 11.3. The Hall–Kier alpha value is -4.42. The van der Waals surface area contributed by atoms with Crippen LogP contribution < -0.4 is 25.2 Å². The van der Waals surface area contributed by atoms with E-state index in [1.165, 1.54) is 6.33 Å². The number of sulfonamides is 1. The number of hydrogen-bond acceptors (Lipinski definition) is 9. The van der Waals surface area contributed by atoms with E-state index in [-0.39, 0.29) is 29.2 Å². The molecular formula is C27H25N7O4S. The van der Waals surface area contributed by atoms with Gasteiger partial charge in [0.25, 0.3) is 10.0 Å². The number of rotatable bonds is 5. The average Bonchev–Trinajstić information content (AvgIpc) is 3.60. The summed E-state index contributed by atoms with van der Waals surface area (Å²) < 4.78 is 42.8. The fourth-order valence-electron chi connectivity index (χ4n) is 5.28. The first kappa shape index (κ1) is 23.7. The predicted molar refractivity (Wildman–Crippen MR) is 147 cm³/mol. The predicted octanol–water partition coefficient (Wildman–Crippen LogP) is 3.68. The monoisotopic (exact) mass is 543 g/mol. The maximum Gasteiger partial charge on any atom is 0.262 e. The van der Waals surface area contributed by atoms with Crippen LogP contribution in [0.2, 0.25) is 0 Å². The Bertz CT molecular complexity index is 1850. The molecule has 0 radical (unpaired) electrons. The van der Waals surface area contributed by atoms with Gasteiger partial charge in [-0.1, -0.05) is 30.3 Å². The topological polar surface area (TPSA) is 146 Å². The number of anilines is 2. The fourth-order valence-corrected chi connectivity index (χ4v) is 6.38. The van der Waals surface area contributed by atoms with Crippen molar-refractivity contribution in [3.05, 3.63) is 60.9 Å². The van der Waals surface area contributed by atoms with Crippen LogP contribution in [0.5, 0.6) is 11.5 Å². The number of nitrogens with two attached hydrogens (primary N) is 1. The number of nitrogen functional groups attached to an aromatic ring is 1. The lowest BCUT2D eigenvalue weighted by Crippen LogP contribution is -2.32. The number of fused-ring (bicyclic) bond motifs is 3. The molecule has 0 bridgehead atoms. The first-order valence-electron chi connectivity index (χ1n) is 12.6. The average molecular weight is 544 g/mol. The summed E-state index contributed by atoms with van der Waals surface area (Å²) in [6.45, 7) is 1.68. The Balaban J connectivity index is 1.30. The third-order valence-electron chi connectivity index (χ3n) is 7.18. The summed E-state index contributed by atoms with van der Waals surface area (Å²) in [5.41, 5.74) is 8.39. The van der Waals surface area contributed by atoms with Crippen molar-refractivity contribution in [3.63, 3.8) is 0 Å². The minimum atomic E-state index is -3.91. The van der Waals surface area contributed by atoms with Crippen LogP contribution in [0.3, 0.4) is 0 Å². The number of aromatic nitrogens is 4. The van der Waals surface area contributed by atoms with Gasteiger partial charge in [-0.25, -0.2) is 23.1 Å². The lowest BCUT2D eigenvalue weighted by Gasteiger charge is -2.23. The van der Waals surface area contributed by atoms with Crippen molar-refractivity contribution in [2.24, 2.45) is 0 Å². The molecule has 12 heteroatoms. The van der Waals surface area contributed by atoms with E-state index in [0.29, 0.717) is 33.9 Å². The van der Waals surface area contributed by atoms with E-state index in [1.54, 1.807) is 30.3 Å². The van der Waals surface area contributed by atoms with E-state index in [4.69, 9.17) is 20.3 Å². The third-order valence-corrected chi connectivity index (χ3v) is 8.55. The van der Waals surface area contributed by atoms with Crippen molar-refractivity contribution in [3.8, 4) is 22.8 Å². The molecule has 198 valence electrons. The molecule has 1 atom stereocenters. The summed E-state index contributed by atoms with van der Waals surface area (Å²) >= 11 is 0. The highest BCUT2D eigenvalue weighted by molar-refractivity contribution is 7.92. The standard InChI is InChI=1S/C27H25N7O4S/c28-26-22-23(32-34(27(22)31-14-30-26)18-6-3-11-29-13-18)20-9-10-21(25-24(20)37-15-38-25)33-39(35,36)19-8-7-16-4-1-2-5-17(16)12-19/h1-2,4-5,7-10,12,14,18,29,33H,3,6,11,13,15H2,(H2,28,30,31)/t18-/m1/s1. The molecule has 2 aromatic heterocycles. The third kappa shape index (κ3) is 3.99. The second-order valence-electron chi connectivity index (χ2n) is 9.59. The van der Waals surface area contributed by atoms with Crippen molar-refractivity contribution in [2.75, 3.05) is 30.3 Å². The van der Waals surface area contributed by atoms with E-state index in [9.17, 15) is 8.42 Å². The van der Waals surface area contributed by atoms with Gasteiger partial charge in [0, 0.05) is 12.1 Å². The zero-order valence-corrected chi connectivity index (χ0v) is 21.6. The molecule has 11 nitrogen and oxygen atoms in total. The molecule has 0 aliphatic carbocycles. The largest absolute Gasteiger partial charge is 0.453 e. The van der Waals surface area contributed by atoms with Crippen molar-refractivity contribution in [1.82, 2.24) is 25.1 Å². The van der Waals surface area contributed by atoms with E-state index >= 15 is 0 Å². The molecule has 1 fully saturated rings. The lowest BCUT2D eigenvalue weighted by atomic mass is 10.1. The first-order chi connectivity index (χ1) is 19.0. The summed E-state index contributed by atoms with van der Waals surface area (Å²) in [4.78, 5) is 8.84. The SMILES string of the molecule is Nc1ncnc2c1c(-c1ccc(NS(=O)(=O)c3ccc4ccccc4c3)c3c1OCO3)nn2[C@@H]1CCCNC1. The lowest BCUT2D eigenvalue weighted by molar-refractivity contribution is 0.174. The van der Waals surface area contributed by atoms with Crippen molar-refractivity contribution in [2.45, 2.75) is 23.8 Å². The van der Waals surface area contributed by atoms with E-state index < -0.39 is 10.0 Å². The Morgan fingerprint density at radius 2 is 1.87 bits per heavy atom. The minimum Gasteiger partial charge on any atom is -0.453 e. The zero-order valence-electron chi connectivity index (χ0n) is 20.8. The van der Waals surface area contributed by atoms with Gasteiger partial charge >= 0.3 is 0 Å². The van der Waals surface area contributed by atoms with Gasteiger partial charge in [-0.2, -0.15) is 5.10 Å². The molecule has 0 unspecified atom stereocenters. The number of benzene rings is 3. The molecule has 2 aliphatic rings. The summed E-state index contributed by atoms with van der Waals surface area (Å²) in [7, 11) is -3.91. The van der Waals surface area contributed by atoms with Crippen LogP contribution in [-0.2, 0) is 10.0 Å². The van der Waals surface area contributed by atoms with Gasteiger partial charge in [-0.3, -0.25) is 4.72 Å². The molecule has 3 aromatic carbocycles. The number of hydrogen-bond donors (Lipinski definition) is 3. The van der Waals surface area contributed by atoms with E-state index in [0.717, 1.165) is 36.7 Å². The Morgan fingerprint density at radius 1 is 1.03 bits per heavy atom. The van der Waals surface area contributed by atoms with Gasteiger partial charge < -0.3 is 20.5 Å². The highest BCUT2D eigenvalue weighted by Crippen LogP contribution is 2.48. The van der Waals surface area contributed by atoms with Crippen molar-refractivity contribution >= 4 is 43.3 Å². The van der Waals surface area contributed by atoms with Crippen LogP contribution >= 0.6 is 0 Å². The van der Waals surface area contributed by atoms with Crippen LogP contribution in [-0.4, -0.2) is 48.0 Å². The first-order valence-corrected chi connectivity index (χ1v) is 14.1. The van der Waals surface area contributed by atoms with Gasteiger partial charge in [0.1, 0.15) is 17.8 Å². The van der Waals surface area contributed by atoms with Gasteiger partial charge in [0.15, 0.2) is 17.1 Å². The van der Waals surface area contributed by atoms with Gasteiger partial charge in [0.2, 0.25) is 6.79 Å². The van der Waals surface area contributed by atoms with Gasteiger partial charge in [-0.15, -0.1) is 0 Å². The van der Waals surface area contributed by atoms with Crippen molar-refractivity contribution in [1.29, 1.82) is 0 Å². The highest BCUT2D eigenvalue weighted by Gasteiger charge is 2.30. The van der Waals surface area contributed by atoms with Gasteiger partial charge in [-0.05, 0) is 54.4 Å². The highest BCUT2D eigenvalue weighted by atomic mass is 32.2. The van der Waals surface area contributed by atoms with E-state index in [2.05, 4.69) is 20.0 Å². The second kappa shape index (κ2) is 9.10. The zero-order chi connectivity index (χ0) is 26.6. The fraction of sp³-hybridized carbons (Fsp3) is 0.222. The molecule has 5 aromatic rings. The number of nitrogens with one attached hydrogen (secondary N) is 2. The number of piperidine rings is 1. The molecular weight excluding hydrogens is 518 g/mol. The Kier molecular flexibility index (Phi) is 5.53. The molecule has 39 heavy (non-hydrogen) atoms. The van der Waals surface area contributed by atoms with Crippen molar-refractivity contribution < 1.29 is 17.9 Å². The Labute approximate surface area is 224 Å². The van der Waals surface area contributed by atoms with Crippen LogP contribution in [0.15, 0.2) is 65.8 Å². The van der Waals surface area contributed by atoms with Gasteiger partial charge in [0.05, 0.1) is 22.0 Å². The van der Waals surface area contributed by atoms with Crippen LogP contribution in [0.1, 0.15) is 18.9 Å². The summed E-state index contributed by atoms with van der Waals surface area (Å²) in [5.74, 6) is 0.971. The number of nitrogens with zero attached hydrogens (tertiary/aromatic N) is 4. The maximum absolute atomic E-state index is 13.3. The summed E-state index contributed by atoms with van der Waals surface area (Å²) in [6, 6.07) is 16.1. The smallest absolute Gasteiger partial charge is 0.262 e. The molecule has 0 saturated carbocycles. The molecule has 2 aliphatic heterocycles. The molecule has 4 heterocycles. The normalized spacial score (nSPS) is 17.1. The molecule has 0 spiro atoms. The minimum absolute atomic E-state index is 0.0613.